The van der Waals surface area contributed by atoms with Crippen LogP contribution in [0.5, 0.6) is 0 Å². The van der Waals surface area contributed by atoms with Crippen molar-refractivity contribution in [3.63, 3.8) is 0 Å². The Morgan fingerprint density at radius 2 is 0.967 bits per heavy atom. The van der Waals surface area contributed by atoms with Crippen molar-refractivity contribution in [2.75, 3.05) is 0 Å². The Bertz CT molecular complexity index is 1340. The van der Waals surface area contributed by atoms with E-state index in [2.05, 4.69) is 72.2 Å². The van der Waals surface area contributed by atoms with E-state index in [4.69, 9.17) is 12.8 Å². The molecular weight excluding hydrogens is 360 g/mol. The standard InChI is InChI=1S/C30H18/c1-3-5-11-23-17-19-25-13-7-9-15-27(25)29(23)21-22-30-24(12-6-4-2)18-20-26-14-8-10-16-28(26)30/h1-2,5-20H/b11-5-,12-6-. The predicted octanol–water partition coefficient (Wildman–Crippen LogP) is 6.69. The maximum atomic E-state index is 5.44. The summed E-state index contributed by atoms with van der Waals surface area (Å²) in [7, 11) is 0. The zero-order chi connectivity index (χ0) is 20.8. The maximum Gasteiger partial charge on any atom is 0.0400 e. The van der Waals surface area contributed by atoms with Crippen molar-refractivity contribution in [2.24, 2.45) is 0 Å². The zero-order valence-corrected chi connectivity index (χ0v) is 16.4. The molecule has 0 spiro atoms. The number of hydrogen-bond acceptors (Lipinski definition) is 0. The number of hydrogen-bond donors (Lipinski definition) is 0. The van der Waals surface area contributed by atoms with Gasteiger partial charge in [-0.3, -0.25) is 0 Å². The summed E-state index contributed by atoms with van der Waals surface area (Å²) in [5, 5.41) is 4.49. The fraction of sp³-hybridized carbons (Fsp3) is 0. The third-order valence-corrected chi connectivity index (χ3v) is 4.95. The Hall–Kier alpha value is -4.44. The van der Waals surface area contributed by atoms with Crippen LogP contribution in [0.4, 0.5) is 0 Å². The fourth-order valence-electron chi connectivity index (χ4n) is 3.53. The van der Waals surface area contributed by atoms with Crippen molar-refractivity contribution in [3.05, 3.63) is 107 Å². The first-order chi connectivity index (χ1) is 14.8. The molecule has 0 heteroatoms. The minimum absolute atomic E-state index is 0.958. The molecule has 0 aliphatic heterocycles. The average Bonchev–Trinajstić information content (AvgIpc) is 2.80. The molecule has 4 aromatic carbocycles. The monoisotopic (exact) mass is 378 g/mol. The van der Waals surface area contributed by atoms with E-state index in [1.807, 2.05) is 36.4 Å². The SMILES string of the molecule is C#C/C=C\c1ccc2ccccc2c1C#Cc1c(/C=C\C#C)ccc2ccccc12. The fourth-order valence-corrected chi connectivity index (χ4v) is 3.53. The summed E-state index contributed by atoms with van der Waals surface area (Å²) in [4.78, 5) is 0. The zero-order valence-electron chi connectivity index (χ0n) is 16.4. The van der Waals surface area contributed by atoms with Gasteiger partial charge in [-0.15, -0.1) is 12.8 Å². The second-order valence-electron chi connectivity index (χ2n) is 6.75. The van der Waals surface area contributed by atoms with Gasteiger partial charge in [-0.2, -0.15) is 0 Å². The molecule has 0 fully saturated rings. The molecule has 0 aliphatic carbocycles. The van der Waals surface area contributed by atoms with Gasteiger partial charge in [0, 0.05) is 11.1 Å². The van der Waals surface area contributed by atoms with Gasteiger partial charge in [-0.05, 0) is 57.0 Å². The maximum absolute atomic E-state index is 5.44. The van der Waals surface area contributed by atoms with E-state index in [9.17, 15) is 0 Å². The van der Waals surface area contributed by atoms with Crippen molar-refractivity contribution in [2.45, 2.75) is 0 Å². The molecule has 0 N–H and O–H groups in total. The second kappa shape index (κ2) is 8.71. The summed E-state index contributed by atoms with van der Waals surface area (Å²) in [6.07, 6.45) is 18.1. The Labute approximate surface area is 177 Å². The lowest BCUT2D eigenvalue weighted by Gasteiger charge is -2.07. The van der Waals surface area contributed by atoms with Gasteiger partial charge < -0.3 is 0 Å². The molecule has 0 radical (unpaired) electrons. The first kappa shape index (κ1) is 18.9. The lowest BCUT2D eigenvalue weighted by atomic mass is 9.96. The Kier molecular flexibility index (Phi) is 5.49. The summed E-state index contributed by atoms with van der Waals surface area (Å²) < 4.78 is 0. The van der Waals surface area contributed by atoms with Gasteiger partial charge in [0.05, 0.1) is 0 Å². The third-order valence-electron chi connectivity index (χ3n) is 4.95. The first-order valence-corrected chi connectivity index (χ1v) is 9.62. The van der Waals surface area contributed by atoms with Gasteiger partial charge in [0.15, 0.2) is 0 Å². The van der Waals surface area contributed by atoms with Crippen molar-refractivity contribution in [3.8, 4) is 36.5 Å². The smallest absolute Gasteiger partial charge is 0.0400 e. The molecule has 30 heavy (non-hydrogen) atoms. The molecule has 0 aliphatic rings. The number of allylic oxidation sites excluding steroid dienone is 2. The molecule has 0 unspecified atom stereocenters. The Morgan fingerprint density at radius 1 is 0.533 bits per heavy atom. The van der Waals surface area contributed by atoms with E-state index in [0.717, 1.165) is 43.8 Å². The van der Waals surface area contributed by atoms with Gasteiger partial charge in [0.1, 0.15) is 0 Å². The van der Waals surface area contributed by atoms with Crippen LogP contribution in [-0.4, -0.2) is 0 Å². The van der Waals surface area contributed by atoms with E-state index >= 15 is 0 Å². The lowest BCUT2D eigenvalue weighted by Crippen LogP contribution is -1.89. The Morgan fingerprint density at radius 3 is 1.40 bits per heavy atom. The normalized spacial score (nSPS) is 10.7. The summed E-state index contributed by atoms with van der Waals surface area (Å²) in [6, 6.07) is 24.8. The molecule has 0 nitrogen and oxygen atoms in total. The lowest BCUT2D eigenvalue weighted by molar-refractivity contribution is 1.63. The summed E-state index contributed by atoms with van der Waals surface area (Å²) >= 11 is 0. The minimum Gasteiger partial charge on any atom is -0.115 e. The topological polar surface area (TPSA) is 0 Å². The quantitative estimate of drug-likeness (QED) is 0.341. The van der Waals surface area contributed by atoms with Crippen molar-refractivity contribution in [1.82, 2.24) is 0 Å². The van der Waals surface area contributed by atoms with Crippen LogP contribution in [0.3, 0.4) is 0 Å². The van der Waals surface area contributed by atoms with E-state index in [-0.39, 0.29) is 0 Å². The molecule has 0 bridgehead atoms. The highest BCUT2D eigenvalue weighted by Crippen LogP contribution is 2.25. The van der Waals surface area contributed by atoms with Crippen molar-refractivity contribution >= 4 is 33.7 Å². The highest BCUT2D eigenvalue weighted by Gasteiger charge is 2.06. The predicted molar refractivity (Wildman–Crippen MR) is 130 cm³/mol. The van der Waals surface area contributed by atoms with Crippen molar-refractivity contribution < 1.29 is 0 Å². The summed E-state index contributed by atoms with van der Waals surface area (Å²) in [5.74, 6) is 12.0. The molecule has 138 valence electrons. The largest absolute Gasteiger partial charge is 0.115 e. The molecule has 0 aromatic heterocycles. The van der Waals surface area contributed by atoms with Crippen molar-refractivity contribution in [1.29, 1.82) is 0 Å². The molecule has 0 amide bonds. The first-order valence-electron chi connectivity index (χ1n) is 9.62. The van der Waals surface area contributed by atoms with Crippen LogP contribution in [0.2, 0.25) is 0 Å². The summed E-state index contributed by atoms with van der Waals surface area (Å²) in [6.45, 7) is 0. The average molecular weight is 378 g/mol. The summed E-state index contributed by atoms with van der Waals surface area (Å²) in [5.41, 5.74) is 3.92. The molecule has 0 saturated carbocycles. The molecule has 4 aromatic rings. The Balaban J connectivity index is 1.99. The van der Waals surface area contributed by atoms with Gasteiger partial charge >= 0.3 is 0 Å². The van der Waals surface area contributed by atoms with Gasteiger partial charge in [0.2, 0.25) is 0 Å². The van der Waals surface area contributed by atoms with Gasteiger partial charge in [-0.1, -0.05) is 96.5 Å². The number of terminal acetylenes is 2. The number of rotatable bonds is 2. The second-order valence-corrected chi connectivity index (χ2v) is 6.75. The molecule has 0 heterocycles. The molecular formula is C30H18. The van der Waals surface area contributed by atoms with Gasteiger partial charge in [0.25, 0.3) is 0 Å². The van der Waals surface area contributed by atoms with Crippen LogP contribution in [0.25, 0.3) is 33.7 Å². The number of fused-ring (bicyclic) bond motifs is 2. The molecule has 0 saturated heterocycles. The van der Waals surface area contributed by atoms with E-state index < -0.39 is 0 Å². The van der Waals surface area contributed by atoms with Crippen LogP contribution in [-0.2, 0) is 0 Å². The van der Waals surface area contributed by atoms with E-state index in [1.54, 1.807) is 12.2 Å². The van der Waals surface area contributed by atoms with E-state index in [1.165, 1.54) is 0 Å². The third kappa shape index (κ3) is 3.75. The number of benzene rings is 4. The van der Waals surface area contributed by atoms with Gasteiger partial charge in [-0.25, -0.2) is 0 Å². The van der Waals surface area contributed by atoms with Crippen LogP contribution < -0.4 is 0 Å². The highest BCUT2D eigenvalue weighted by molar-refractivity contribution is 5.94. The molecule has 0 atom stereocenters. The van der Waals surface area contributed by atoms with Crippen LogP contribution in [0.15, 0.2) is 84.9 Å². The van der Waals surface area contributed by atoms with Crippen LogP contribution in [0.1, 0.15) is 22.3 Å². The van der Waals surface area contributed by atoms with E-state index in [0.29, 0.717) is 0 Å². The minimum atomic E-state index is 0.958. The highest BCUT2D eigenvalue weighted by atomic mass is 14.1. The van der Waals surface area contributed by atoms with Crippen LogP contribution in [0, 0.1) is 36.5 Å². The van der Waals surface area contributed by atoms with Crippen LogP contribution >= 0.6 is 0 Å². The molecule has 4 rings (SSSR count).